The predicted octanol–water partition coefficient (Wildman–Crippen LogP) is 1.63. The molecule has 0 spiro atoms. The fraction of sp³-hybridized carbons (Fsp3) is 0.538. The largest absolute Gasteiger partial charge is 0.379 e. The number of aromatic nitrogens is 3. The van der Waals surface area contributed by atoms with Crippen molar-refractivity contribution in [2.75, 3.05) is 13.7 Å². The first-order valence-corrected chi connectivity index (χ1v) is 6.17. The lowest BCUT2D eigenvalue weighted by Crippen LogP contribution is -2.29. The van der Waals surface area contributed by atoms with Crippen LogP contribution in [-0.2, 0) is 11.3 Å². The molecule has 0 unspecified atom stereocenters. The molecule has 0 aliphatic rings. The maximum absolute atomic E-state index is 5.37. The van der Waals surface area contributed by atoms with Gasteiger partial charge in [0.25, 0.3) is 0 Å². The van der Waals surface area contributed by atoms with Crippen molar-refractivity contribution in [2.24, 2.45) is 0 Å². The molecule has 5 heteroatoms. The number of nitrogens with one attached hydrogen (secondary N) is 1. The average Bonchev–Trinajstić information content (AvgIpc) is 2.78. The number of methoxy groups -OCH3 is 1. The lowest BCUT2D eigenvalue weighted by Gasteiger charge is -2.22. The molecule has 0 saturated heterocycles. The summed E-state index contributed by atoms with van der Waals surface area (Å²) in [6, 6.07) is 5.89. The second-order valence-corrected chi connectivity index (χ2v) is 4.94. The molecule has 1 N–H and O–H groups in total. The number of nitrogens with zero attached hydrogens (tertiary/aromatic N) is 3. The van der Waals surface area contributed by atoms with E-state index in [4.69, 9.17) is 4.74 Å². The Morgan fingerprint density at radius 1 is 1.33 bits per heavy atom. The van der Waals surface area contributed by atoms with E-state index in [1.54, 1.807) is 7.11 Å². The van der Waals surface area contributed by atoms with E-state index in [0.29, 0.717) is 6.54 Å². The molecule has 0 aliphatic heterocycles. The van der Waals surface area contributed by atoms with Gasteiger partial charge in [0.05, 0.1) is 12.1 Å². The van der Waals surface area contributed by atoms with Gasteiger partial charge in [-0.2, -0.15) is 0 Å². The van der Waals surface area contributed by atoms with E-state index in [9.17, 15) is 0 Å². The Morgan fingerprint density at radius 2 is 2.17 bits per heavy atom. The summed E-state index contributed by atoms with van der Waals surface area (Å²) in [5.41, 5.74) is 0.798. The Morgan fingerprint density at radius 3 is 2.94 bits per heavy atom. The molecule has 0 radical (unpaired) electrons. The van der Waals surface area contributed by atoms with Crippen LogP contribution in [0.3, 0.4) is 0 Å². The van der Waals surface area contributed by atoms with Gasteiger partial charge in [-0.25, -0.2) is 0 Å². The third kappa shape index (κ3) is 3.05. The van der Waals surface area contributed by atoms with Crippen molar-refractivity contribution in [3.63, 3.8) is 0 Å². The van der Waals surface area contributed by atoms with Crippen LogP contribution in [0.15, 0.2) is 24.4 Å². The third-order valence-corrected chi connectivity index (χ3v) is 3.12. The third-order valence-electron chi connectivity index (χ3n) is 3.12. The van der Waals surface area contributed by atoms with Gasteiger partial charge < -0.3 is 10.1 Å². The number of ether oxygens (including phenoxy) is 1. The molecule has 2 rings (SSSR count). The van der Waals surface area contributed by atoms with Crippen molar-refractivity contribution in [3.8, 4) is 0 Å². The number of rotatable bonds is 6. The molecule has 2 aromatic rings. The average molecular weight is 248 g/mol. The van der Waals surface area contributed by atoms with Gasteiger partial charge >= 0.3 is 0 Å². The number of hydrogen-bond acceptors (Lipinski definition) is 4. The molecular weight excluding hydrogens is 228 g/mol. The molecule has 98 valence electrons. The standard InChI is InChI=1S/C13H20N4O/c1-13(2,18-3)7-8-14-10-12-16-15-11-6-4-5-9-17(11)12/h4-6,9,14H,7-8,10H2,1-3H3. The highest BCUT2D eigenvalue weighted by molar-refractivity contribution is 5.36. The zero-order chi connectivity index (χ0) is 13.0. The molecular formula is C13H20N4O. The van der Waals surface area contributed by atoms with Crippen LogP contribution in [0.2, 0.25) is 0 Å². The van der Waals surface area contributed by atoms with E-state index in [-0.39, 0.29) is 5.60 Å². The first-order chi connectivity index (χ1) is 8.62. The van der Waals surface area contributed by atoms with Crippen LogP contribution in [0.5, 0.6) is 0 Å². The molecule has 0 bridgehead atoms. The van der Waals surface area contributed by atoms with E-state index < -0.39 is 0 Å². The summed E-state index contributed by atoms with van der Waals surface area (Å²) in [7, 11) is 1.74. The van der Waals surface area contributed by atoms with Gasteiger partial charge in [0, 0.05) is 13.3 Å². The Bertz CT molecular complexity index is 506. The molecule has 0 amide bonds. The van der Waals surface area contributed by atoms with Crippen molar-refractivity contribution in [3.05, 3.63) is 30.2 Å². The van der Waals surface area contributed by atoms with E-state index in [1.807, 2.05) is 28.8 Å². The van der Waals surface area contributed by atoms with Crippen molar-refractivity contribution in [1.29, 1.82) is 0 Å². The molecule has 0 atom stereocenters. The SMILES string of the molecule is COC(C)(C)CCNCc1nnc2ccccn12. The smallest absolute Gasteiger partial charge is 0.160 e. The quantitative estimate of drug-likeness (QED) is 0.789. The number of fused-ring (bicyclic) bond motifs is 1. The van der Waals surface area contributed by atoms with Crippen LogP contribution in [0.25, 0.3) is 5.65 Å². The molecule has 2 heterocycles. The summed E-state index contributed by atoms with van der Waals surface area (Å²) in [6.07, 6.45) is 2.94. The monoisotopic (exact) mass is 248 g/mol. The highest BCUT2D eigenvalue weighted by atomic mass is 16.5. The van der Waals surface area contributed by atoms with E-state index in [1.165, 1.54) is 0 Å². The minimum Gasteiger partial charge on any atom is -0.379 e. The molecule has 0 aromatic carbocycles. The highest BCUT2D eigenvalue weighted by Crippen LogP contribution is 2.11. The zero-order valence-electron chi connectivity index (χ0n) is 11.2. The van der Waals surface area contributed by atoms with Gasteiger partial charge in [0.2, 0.25) is 0 Å². The zero-order valence-corrected chi connectivity index (χ0v) is 11.2. The fourth-order valence-corrected chi connectivity index (χ4v) is 1.70. The van der Waals surface area contributed by atoms with Crippen LogP contribution < -0.4 is 5.32 Å². The summed E-state index contributed by atoms with van der Waals surface area (Å²) in [5.74, 6) is 0.931. The Labute approximate surface area is 107 Å². The van der Waals surface area contributed by atoms with Crippen molar-refractivity contribution >= 4 is 5.65 Å². The summed E-state index contributed by atoms with van der Waals surface area (Å²) in [5, 5.41) is 11.6. The van der Waals surface area contributed by atoms with Gasteiger partial charge in [-0.1, -0.05) is 6.07 Å². The molecule has 0 aliphatic carbocycles. The second kappa shape index (κ2) is 5.46. The van der Waals surface area contributed by atoms with Gasteiger partial charge in [0.1, 0.15) is 0 Å². The van der Waals surface area contributed by atoms with E-state index in [2.05, 4.69) is 29.4 Å². The van der Waals surface area contributed by atoms with Crippen LogP contribution in [0, 0.1) is 0 Å². The van der Waals surface area contributed by atoms with Gasteiger partial charge in [-0.15, -0.1) is 10.2 Å². The van der Waals surface area contributed by atoms with Gasteiger partial charge in [-0.3, -0.25) is 4.40 Å². The molecule has 5 nitrogen and oxygen atoms in total. The van der Waals surface area contributed by atoms with Crippen LogP contribution in [0.4, 0.5) is 0 Å². The van der Waals surface area contributed by atoms with Crippen molar-refractivity contribution in [2.45, 2.75) is 32.4 Å². The maximum Gasteiger partial charge on any atom is 0.160 e. The normalized spacial score (nSPS) is 12.2. The first-order valence-electron chi connectivity index (χ1n) is 6.17. The summed E-state index contributed by atoms with van der Waals surface area (Å²) < 4.78 is 7.37. The number of pyridine rings is 1. The van der Waals surface area contributed by atoms with Crippen LogP contribution >= 0.6 is 0 Å². The van der Waals surface area contributed by atoms with E-state index >= 15 is 0 Å². The van der Waals surface area contributed by atoms with Crippen LogP contribution in [-0.4, -0.2) is 33.9 Å². The minimum atomic E-state index is -0.0834. The van der Waals surface area contributed by atoms with Gasteiger partial charge in [0.15, 0.2) is 11.5 Å². The topological polar surface area (TPSA) is 51.5 Å². The summed E-state index contributed by atoms with van der Waals surface area (Å²) in [4.78, 5) is 0. The molecule has 0 saturated carbocycles. The molecule has 2 aromatic heterocycles. The fourth-order valence-electron chi connectivity index (χ4n) is 1.70. The molecule has 18 heavy (non-hydrogen) atoms. The highest BCUT2D eigenvalue weighted by Gasteiger charge is 2.15. The second-order valence-electron chi connectivity index (χ2n) is 4.94. The summed E-state index contributed by atoms with van der Waals surface area (Å²) in [6.45, 7) is 5.77. The maximum atomic E-state index is 5.37. The first kappa shape index (κ1) is 13.0. The Balaban J connectivity index is 1.87. The minimum absolute atomic E-state index is 0.0834. The predicted molar refractivity (Wildman–Crippen MR) is 70.4 cm³/mol. The van der Waals surface area contributed by atoms with Crippen molar-refractivity contribution < 1.29 is 4.74 Å². The Hall–Kier alpha value is -1.46. The number of hydrogen-bond donors (Lipinski definition) is 1. The van der Waals surface area contributed by atoms with Crippen molar-refractivity contribution in [1.82, 2.24) is 19.9 Å². The lowest BCUT2D eigenvalue weighted by molar-refractivity contribution is 0.0158. The molecule has 0 fully saturated rings. The van der Waals surface area contributed by atoms with Crippen LogP contribution in [0.1, 0.15) is 26.1 Å². The van der Waals surface area contributed by atoms with E-state index in [0.717, 1.165) is 24.4 Å². The van der Waals surface area contributed by atoms with Gasteiger partial charge in [-0.05, 0) is 38.9 Å². The lowest BCUT2D eigenvalue weighted by atomic mass is 10.1. The Kier molecular flexibility index (Phi) is 3.93. The summed E-state index contributed by atoms with van der Waals surface area (Å²) >= 11 is 0.